The van der Waals surface area contributed by atoms with Crippen LogP contribution < -0.4 is 5.32 Å². The van der Waals surface area contributed by atoms with Crippen molar-refractivity contribution in [3.63, 3.8) is 0 Å². The van der Waals surface area contributed by atoms with Crippen LogP contribution in [0.15, 0.2) is 18.2 Å². The van der Waals surface area contributed by atoms with Crippen molar-refractivity contribution < 1.29 is 14.7 Å². The molecule has 0 heterocycles. The van der Waals surface area contributed by atoms with Gasteiger partial charge in [-0.3, -0.25) is 4.79 Å². The lowest BCUT2D eigenvalue weighted by Gasteiger charge is -2.16. The number of carboxylic acid groups (broad SMARTS) is 1. The van der Waals surface area contributed by atoms with Crippen LogP contribution in [0.3, 0.4) is 0 Å². The molecule has 0 radical (unpaired) electrons. The number of aliphatic carboxylic acids is 1. The Balaban J connectivity index is 2.85. The summed E-state index contributed by atoms with van der Waals surface area (Å²) in [7, 11) is 1.33. The van der Waals surface area contributed by atoms with Gasteiger partial charge in [0.05, 0.1) is 11.3 Å². The van der Waals surface area contributed by atoms with E-state index in [0.717, 1.165) is 4.90 Å². The van der Waals surface area contributed by atoms with Crippen LogP contribution in [0, 0.1) is 11.3 Å². The summed E-state index contributed by atoms with van der Waals surface area (Å²) in [6.45, 7) is -0.436. The minimum atomic E-state index is -1.13. The summed E-state index contributed by atoms with van der Waals surface area (Å²) in [6.07, 6.45) is 0. The van der Waals surface area contributed by atoms with Gasteiger partial charge >= 0.3 is 12.0 Å². The topological polar surface area (TPSA) is 93.4 Å². The van der Waals surface area contributed by atoms with Crippen LogP contribution in [0.4, 0.5) is 10.5 Å². The first-order valence-electron chi connectivity index (χ1n) is 4.87. The first-order chi connectivity index (χ1) is 8.43. The molecule has 0 saturated heterocycles. The molecular weight excluding hydrogens is 258 g/mol. The van der Waals surface area contributed by atoms with Crippen LogP contribution in [-0.4, -0.2) is 35.6 Å². The van der Waals surface area contributed by atoms with Gasteiger partial charge in [0, 0.05) is 12.1 Å². The number of likely N-dealkylation sites (N-methyl/N-ethyl adjacent to an activating group) is 1. The summed E-state index contributed by atoms with van der Waals surface area (Å²) in [5.41, 5.74) is 0.490. The monoisotopic (exact) mass is 267 g/mol. The summed E-state index contributed by atoms with van der Waals surface area (Å²) in [6, 6.07) is 5.69. The molecule has 18 heavy (non-hydrogen) atoms. The number of anilines is 1. The van der Waals surface area contributed by atoms with Crippen LogP contribution >= 0.6 is 11.6 Å². The molecule has 7 heteroatoms. The van der Waals surface area contributed by atoms with E-state index in [-0.39, 0.29) is 11.3 Å². The predicted octanol–water partition coefficient (Wildman–Crippen LogP) is 1.76. The molecule has 0 fully saturated rings. The third kappa shape index (κ3) is 3.64. The highest BCUT2D eigenvalue weighted by Gasteiger charge is 2.13. The number of nitrogens with one attached hydrogen (secondary N) is 1. The summed E-state index contributed by atoms with van der Waals surface area (Å²) < 4.78 is 0. The number of benzene rings is 1. The summed E-state index contributed by atoms with van der Waals surface area (Å²) in [5, 5.41) is 20.2. The minimum Gasteiger partial charge on any atom is -0.480 e. The van der Waals surface area contributed by atoms with Crippen LogP contribution in [0.2, 0.25) is 5.02 Å². The fourth-order valence-corrected chi connectivity index (χ4v) is 1.37. The number of nitriles is 1. The van der Waals surface area contributed by atoms with Crippen molar-refractivity contribution in [1.29, 1.82) is 5.26 Å². The molecule has 0 saturated carbocycles. The number of halogens is 1. The maximum atomic E-state index is 11.6. The Morgan fingerprint density at radius 1 is 1.56 bits per heavy atom. The maximum Gasteiger partial charge on any atom is 0.323 e. The molecule has 0 atom stereocenters. The average Bonchev–Trinajstić information content (AvgIpc) is 2.28. The Kier molecular flexibility index (Phi) is 4.52. The number of hydrogen-bond donors (Lipinski definition) is 2. The Hall–Kier alpha value is -2.26. The molecule has 94 valence electrons. The first-order valence-corrected chi connectivity index (χ1v) is 5.25. The van der Waals surface area contributed by atoms with Gasteiger partial charge in [0.15, 0.2) is 0 Å². The lowest BCUT2D eigenvalue weighted by Crippen LogP contribution is -2.35. The van der Waals surface area contributed by atoms with Crippen LogP contribution in [0.25, 0.3) is 0 Å². The molecule has 0 unspecified atom stereocenters. The second kappa shape index (κ2) is 5.89. The molecule has 2 amide bonds. The van der Waals surface area contributed by atoms with Crippen LogP contribution in [0.5, 0.6) is 0 Å². The smallest absolute Gasteiger partial charge is 0.323 e. The maximum absolute atomic E-state index is 11.6. The van der Waals surface area contributed by atoms with Crippen molar-refractivity contribution in [2.24, 2.45) is 0 Å². The molecule has 0 aromatic heterocycles. The molecule has 1 rings (SSSR count). The number of amides is 2. The summed E-state index contributed by atoms with van der Waals surface area (Å²) in [5.74, 6) is -1.13. The van der Waals surface area contributed by atoms with Gasteiger partial charge < -0.3 is 15.3 Å². The largest absolute Gasteiger partial charge is 0.480 e. The Bertz CT molecular complexity index is 525. The second-order valence-electron chi connectivity index (χ2n) is 3.48. The van der Waals surface area contributed by atoms with Crippen molar-refractivity contribution in [2.45, 2.75) is 0 Å². The van der Waals surface area contributed by atoms with E-state index in [0.29, 0.717) is 5.02 Å². The minimum absolute atomic E-state index is 0.243. The van der Waals surface area contributed by atoms with Crippen molar-refractivity contribution >= 4 is 29.3 Å². The fourth-order valence-electron chi connectivity index (χ4n) is 1.20. The second-order valence-corrected chi connectivity index (χ2v) is 3.92. The molecule has 0 spiro atoms. The Labute approximate surface area is 108 Å². The fraction of sp³-hybridized carbons (Fsp3) is 0.182. The third-order valence-electron chi connectivity index (χ3n) is 2.06. The zero-order valence-corrected chi connectivity index (χ0v) is 10.2. The normalized spacial score (nSPS) is 9.39. The lowest BCUT2D eigenvalue weighted by molar-refractivity contribution is -0.137. The summed E-state index contributed by atoms with van der Waals surface area (Å²) >= 11 is 5.75. The average molecular weight is 268 g/mol. The summed E-state index contributed by atoms with van der Waals surface area (Å²) in [4.78, 5) is 23.1. The van der Waals surface area contributed by atoms with E-state index >= 15 is 0 Å². The van der Waals surface area contributed by atoms with Crippen molar-refractivity contribution in [3.05, 3.63) is 28.8 Å². The number of nitrogens with zero attached hydrogens (tertiary/aromatic N) is 2. The zero-order valence-electron chi connectivity index (χ0n) is 9.48. The highest BCUT2D eigenvalue weighted by atomic mass is 35.5. The van der Waals surface area contributed by atoms with E-state index in [9.17, 15) is 9.59 Å². The highest BCUT2D eigenvalue weighted by molar-refractivity contribution is 6.31. The van der Waals surface area contributed by atoms with Crippen molar-refractivity contribution in [1.82, 2.24) is 4.90 Å². The van der Waals surface area contributed by atoms with Gasteiger partial charge in [0.2, 0.25) is 0 Å². The number of hydrogen-bond acceptors (Lipinski definition) is 3. The van der Waals surface area contributed by atoms with Gasteiger partial charge in [-0.15, -0.1) is 0 Å². The van der Waals surface area contributed by atoms with Crippen molar-refractivity contribution in [2.75, 3.05) is 18.9 Å². The number of urea groups is 1. The van der Waals surface area contributed by atoms with E-state index < -0.39 is 18.5 Å². The highest BCUT2D eigenvalue weighted by Crippen LogP contribution is 2.20. The predicted molar refractivity (Wildman–Crippen MR) is 65.5 cm³/mol. The Morgan fingerprint density at radius 3 is 2.78 bits per heavy atom. The lowest BCUT2D eigenvalue weighted by atomic mass is 10.2. The first kappa shape index (κ1) is 13.8. The molecule has 0 aliphatic carbocycles. The quantitative estimate of drug-likeness (QED) is 0.872. The molecule has 0 aliphatic rings. The molecule has 1 aromatic carbocycles. The molecule has 1 aromatic rings. The SMILES string of the molecule is CN(CC(=O)O)C(=O)Nc1cc(Cl)ccc1C#N. The van der Waals surface area contributed by atoms with Gasteiger partial charge in [-0.2, -0.15) is 5.26 Å². The Morgan fingerprint density at radius 2 is 2.22 bits per heavy atom. The third-order valence-corrected chi connectivity index (χ3v) is 2.30. The van der Waals surface area contributed by atoms with Gasteiger partial charge in [-0.25, -0.2) is 4.79 Å². The number of carboxylic acids is 1. The number of rotatable bonds is 3. The van der Waals surface area contributed by atoms with Gasteiger partial charge in [0.1, 0.15) is 12.6 Å². The van der Waals surface area contributed by atoms with Gasteiger partial charge in [-0.1, -0.05) is 11.6 Å². The molecule has 0 aliphatic heterocycles. The number of carbonyl (C=O) groups is 2. The molecule has 6 nitrogen and oxygen atoms in total. The van der Waals surface area contributed by atoms with E-state index in [1.165, 1.54) is 25.2 Å². The van der Waals surface area contributed by atoms with Gasteiger partial charge in [-0.05, 0) is 18.2 Å². The van der Waals surface area contributed by atoms with E-state index in [2.05, 4.69) is 5.32 Å². The molecule has 0 bridgehead atoms. The van der Waals surface area contributed by atoms with Gasteiger partial charge in [0.25, 0.3) is 0 Å². The van der Waals surface area contributed by atoms with E-state index in [1.807, 2.05) is 6.07 Å². The van der Waals surface area contributed by atoms with E-state index in [4.69, 9.17) is 22.0 Å². The molecular formula is C11H10ClN3O3. The van der Waals surface area contributed by atoms with Crippen molar-refractivity contribution in [3.8, 4) is 6.07 Å². The standard InChI is InChI=1S/C11H10ClN3O3/c1-15(6-10(16)17)11(18)14-9-4-8(12)3-2-7(9)5-13/h2-4H,6H2,1H3,(H,14,18)(H,16,17). The van der Waals surface area contributed by atoms with E-state index in [1.54, 1.807) is 0 Å². The zero-order chi connectivity index (χ0) is 13.7. The number of carbonyl (C=O) groups excluding carboxylic acids is 1. The van der Waals surface area contributed by atoms with Crippen LogP contribution in [-0.2, 0) is 4.79 Å². The molecule has 2 N–H and O–H groups in total. The van der Waals surface area contributed by atoms with Crippen LogP contribution in [0.1, 0.15) is 5.56 Å².